The molecule has 2 aromatic rings. The van der Waals surface area contributed by atoms with Crippen LogP contribution in [-0.2, 0) is 9.53 Å². The summed E-state index contributed by atoms with van der Waals surface area (Å²) in [4.78, 5) is 27.2. The van der Waals surface area contributed by atoms with Crippen molar-refractivity contribution in [1.29, 1.82) is 0 Å². The van der Waals surface area contributed by atoms with E-state index in [1.165, 1.54) is 23.8 Å². The van der Waals surface area contributed by atoms with E-state index in [0.29, 0.717) is 0 Å². The molecule has 1 aromatic heterocycles. The highest BCUT2D eigenvalue weighted by molar-refractivity contribution is 7.13. The molecule has 1 atom stereocenters. The summed E-state index contributed by atoms with van der Waals surface area (Å²) in [7, 11) is 0. The molecule has 0 amide bonds. The highest BCUT2D eigenvalue weighted by atomic mass is 32.1. The van der Waals surface area contributed by atoms with Crippen LogP contribution in [-0.4, -0.2) is 22.8 Å². The van der Waals surface area contributed by atoms with Crippen LogP contribution in [0.4, 0.5) is 0 Å². The molecule has 1 aromatic carbocycles. The lowest BCUT2D eigenvalue weighted by atomic mass is 10.2. The topological polar surface area (TPSA) is 56.3 Å². The van der Waals surface area contributed by atoms with Gasteiger partial charge in [0, 0.05) is 10.9 Å². The first-order chi connectivity index (χ1) is 9.47. The molecule has 104 valence electrons. The Morgan fingerprint density at radius 2 is 1.90 bits per heavy atom. The zero-order valence-electron chi connectivity index (χ0n) is 11.5. The Labute approximate surface area is 121 Å². The maximum absolute atomic E-state index is 11.8. The van der Waals surface area contributed by atoms with E-state index in [1.54, 1.807) is 12.3 Å². The van der Waals surface area contributed by atoms with Crippen LogP contribution in [0.5, 0.6) is 0 Å². The zero-order chi connectivity index (χ0) is 14.7. The fourth-order valence-electron chi connectivity index (χ4n) is 1.50. The van der Waals surface area contributed by atoms with E-state index >= 15 is 0 Å². The Balaban J connectivity index is 2.14. The van der Waals surface area contributed by atoms with E-state index in [9.17, 15) is 9.59 Å². The SMILES string of the molecule is CC(=O)C(C)OC(=O)c1csc(-c2ccc(C)cc2)n1. The molecule has 0 aliphatic heterocycles. The van der Waals surface area contributed by atoms with Gasteiger partial charge >= 0.3 is 5.97 Å². The average Bonchev–Trinajstić information content (AvgIpc) is 2.89. The monoisotopic (exact) mass is 289 g/mol. The lowest BCUT2D eigenvalue weighted by molar-refractivity contribution is -0.124. The number of hydrogen-bond acceptors (Lipinski definition) is 5. The van der Waals surface area contributed by atoms with E-state index in [4.69, 9.17) is 4.74 Å². The minimum absolute atomic E-state index is 0.188. The smallest absolute Gasteiger partial charge is 0.358 e. The standard InChI is InChI=1S/C15H15NO3S/c1-9-4-6-12(7-5-9)14-16-13(8-20-14)15(18)19-11(3)10(2)17/h4-8,11H,1-3H3. The van der Waals surface area contributed by atoms with Crippen LogP contribution >= 0.6 is 11.3 Å². The predicted octanol–water partition coefficient (Wildman–Crippen LogP) is 3.25. The summed E-state index contributed by atoms with van der Waals surface area (Å²) in [5.41, 5.74) is 2.36. The second-order valence-corrected chi connectivity index (χ2v) is 5.42. The van der Waals surface area contributed by atoms with E-state index < -0.39 is 12.1 Å². The Bertz CT molecular complexity index is 631. The fraction of sp³-hybridized carbons (Fsp3) is 0.267. The Kier molecular flexibility index (Phi) is 4.29. The van der Waals surface area contributed by atoms with Crippen molar-refractivity contribution in [3.63, 3.8) is 0 Å². The molecule has 1 unspecified atom stereocenters. The van der Waals surface area contributed by atoms with Crippen LogP contribution in [0.25, 0.3) is 10.6 Å². The first kappa shape index (κ1) is 14.4. The molecule has 0 bridgehead atoms. The highest BCUT2D eigenvalue weighted by Gasteiger charge is 2.18. The van der Waals surface area contributed by atoms with Crippen LogP contribution in [0.1, 0.15) is 29.9 Å². The van der Waals surface area contributed by atoms with Crippen molar-refractivity contribution in [2.24, 2.45) is 0 Å². The van der Waals surface area contributed by atoms with Gasteiger partial charge in [-0.3, -0.25) is 4.79 Å². The van der Waals surface area contributed by atoms with Crippen LogP contribution in [0.3, 0.4) is 0 Å². The molecule has 0 saturated heterocycles. The van der Waals surface area contributed by atoms with Gasteiger partial charge < -0.3 is 4.74 Å². The molecular formula is C15H15NO3S. The Morgan fingerprint density at radius 1 is 1.25 bits per heavy atom. The number of aryl methyl sites for hydroxylation is 1. The summed E-state index contributed by atoms with van der Waals surface area (Å²) in [5.74, 6) is -0.755. The molecule has 0 aliphatic carbocycles. The van der Waals surface area contributed by atoms with Gasteiger partial charge in [-0.2, -0.15) is 0 Å². The van der Waals surface area contributed by atoms with E-state index in [1.807, 2.05) is 31.2 Å². The van der Waals surface area contributed by atoms with Crippen molar-refractivity contribution in [2.75, 3.05) is 0 Å². The van der Waals surface area contributed by atoms with Gasteiger partial charge in [0.15, 0.2) is 17.6 Å². The number of thiazole rings is 1. The average molecular weight is 289 g/mol. The largest absolute Gasteiger partial charge is 0.450 e. The number of nitrogens with zero attached hydrogens (tertiary/aromatic N) is 1. The van der Waals surface area contributed by atoms with Gasteiger partial charge in [-0.1, -0.05) is 29.8 Å². The molecule has 20 heavy (non-hydrogen) atoms. The van der Waals surface area contributed by atoms with Crippen LogP contribution in [0.2, 0.25) is 0 Å². The number of carbonyl (C=O) groups excluding carboxylic acids is 2. The zero-order valence-corrected chi connectivity index (χ0v) is 12.4. The van der Waals surface area contributed by atoms with Gasteiger partial charge in [0.2, 0.25) is 0 Å². The second-order valence-electron chi connectivity index (χ2n) is 4.56. The van der Waals surface area contributed by atoms with Crippen molar-refractivity contribution < 1.29 is 14.3 Å². The molecule has 2 rings (SSSR count). The van der Waals surface area contributed by atoms with Gasteiger partial charge in [0.05, 0.1) is 0 Å². The molecule has 0 N–H and O–H groups in total. The third-order valence-corrected chi connectivity index (χ3v) is 3.76. The summed E-state index contributed by atoms with van der Waals surface area (Å²) in [6, 6.07) is 7.90. The van der Waals surface area contributed by atoms with Gasteiger partial charge in [-0.25, -0.2) is 9.78 Å². The molecule has 0 saturated carbocycles. The maximum atomic E-state index is 11.8. The van der Waals surface area contributed by atoms with Gasteiger partial charge in [-0.15, -0.1) is 11.3 Å². The number of carbonyl (C=O) groups is 2. The predicted molar refractivity (Wildman–Crippen MR) is 77.8 cm³/mol. The molecule has 0 radical (unpaired) electrons. The normalized spacial score (nSPS) is 11.9. The fourth-order valence-corrected chi connectivity index (χ4v) is 2.30. The summed E-state index contributed by atoms with van der Waals surface area (Å²) in [5, 5.41) is 2.40. The summed E-state index contributed by atoms with van der Waals surface area (Å²) in [6.45, 7) is 4.95. The van der Waals surface area contributed by atoms with Crippen LogP contribution in [0, 0.1) is 6.92 Å². The van der Waals surface area contributed by atoms with Gasteiger partial charge in [0.25, 0.3) is 0 Å². The molecule has 1 heterocycles. The lowest BCUT2D eigenvalue weighted by Crippen LogP contribution is -2.21. The number of benzene rings is 1. The molecule has 0 spiro atoms. The van der Waals surface area contributed by atoms with Crippen molar-refractivity contribution in [3.8, 4) is 10.6 Å². The van der Waals surface area contributed by atoms with E-state index in [2.05, 4.69) is 4.98 Å². The van der Waals surface area contributed by atoms with Crippen LogP contribution in [0.15, 0.2) is 29.6 Å². The number of hydrogen-bond donors (Lipinski definition) is 0. The third kappa shape index (κ3) is 3.30. The number of esters is 1. The van der Waals surface area contributed by atoms with Crippen molar-refractivity contribution in [1.82, 2.24) is 4.98 Å². The number of aromatic nitrogens is 1. The number of Topliss-reactive ketones (excluding diaryl/α,β-unsaturated/α-hetero) is 1. The van der Waals surface area contributed by atoms with Crippen molar-refractivity contribution in [2.45, 2.75) is 26.9 Å². The van der Waals surface area contributed by atoms with Crippen LogP contribution < -0.4 is 0 Å². The summed E-state index contributed by atoms with van der Waals surface area (Å²) < 4.78 is 5.02. The van der Waals surface area contributed by atoms with E-state index in [0.717, 1.165) is 10.6 Å². The summed E-state index contributed by atoms with van der Waals surface area (Å²) >= 11 is 1.38. The molecule has 0 aliphatic rings. The maximum Gasteiger partial charge on any atom is 0.358 e. The minimum atomic E-state index is -0.743. The first-order valence-electron chi connectivity index (χ1n) is 6.21. The number of ketones is 1. The van der Waals surface area contributed by atoms with Crippen molar-refractivity contribution in [3.05, 3.63) is 40.9 Å². The quantitative estimate of drug-likeness (QED) is 0.811. The van der Waals surface area contributed by atoms with Gasteiger partial charge in [0.1, 0.15) is 5.01 Å². The minimum Gasteiger partial charge on any atom is -0.450 e. The Morgan fingerprint density at radius 3 is 2.50 bits per heavy atom. The lowest BCUT2D eigenvalue weighted by Gasteiger charge is -2.07. The molecule has 4 nitrogen and oxygen atoms in total. The number of ether oxygens (including phenoxy) is 1. The second kappa shape index (κ2) is 5.96. The number of rotatable bonds is 4. The van der Waals surface area contributed by atoms with Crippen molar-refractivity contribution >= 4 is 23.1 Å². The molecular weight excluding hydrogens is 274 g/mol. The third-order valence-electron chi connectivity index (χ3n) is 2.87. The first-order valence-corrected chi connectivity index (χ1v) is 7.09. The Hall–Kier alpha value is -2.01. The summed E-state index contributed by atoms with van der Waals surface area (Å²) in [6.07, 6.45) is -0.743. The van der Waals surface area contributed by atoms with Gasteiger partial charge in [-0.05, 0) is 20.8 Å². The van der Waals surface area contributed by atoms with E-state index in [-0.39, 0.29) is 11.5 Å². The molecule has 0 fully saturated rings. The highest BCUT2D eigenvalue weighted by Crippen LogP contribution is 2.24. The molecule has 5 heteroatoms.